The van der Waals surface area contributed by atoms with Crippen LogP contribution in [0.25, 0.3) is 0 Å². The summed E-state index contributed by atoms with van der Waals surface area (Å²) in [5, 5.41) is 0.600. The Labute approximate surface area is 143 Å². The molecule has 111 valence electrons. The first-order chi connectivity index (χ1) is 9.28. The van der Waals surface area contributed by atoms with Crippen molar-refractivity contribution in [1.29, 1.82) is 0 Å². The van der Waals surface area contributed by atoms with Gasteiger partial charge < -0.3 is 10.6 Å². The number of hydrogen-bond donors (Lipinski definition) is 2. The van der Waals surface area contributed by atoms with Gasteiger partial charge >= 0.3 is 16.4 Å². The van der Waals surface area contributed by atoms with Gasteiger partial charge in [0.25, 0.3) is 0 Å². The van der Waals surface area contributed by atoms with Crippen molar-refractivity contribution in [1.82, 2.24) is 9.96 Å². The van der Waals surface area contributed by atoms with E-state index >= 15 is 0 Å². The Morgan fingerprint density at radius 3 is 2.52 bits per heavy atom. The van der Waals surface area contributed by atoms with Crippen molar-refractivity contribution in [2.24, 2.45) is 11.7 Å². The van der Waals surface area contributed by atoms with E-state index in [0.717, 1.165) is 23.3 Å². The summed E-state index contributed by atoms with van der Waals surface area (Å²) < 4.78 is 34.8. The molecule has 1 radical (unpaired) electrons. The first kappa shape index (κ1) is 16.7. The molecular formula is C10H13N3NaO6S. The maximum absolute atomic E-state index is 12.1. The quantitative estimate of drug-likeness (QED) is 0.373. The molecule has 3 aliphatic rings. The zero-order valence-electron chi connectivity index (χ0n) is 11.3. The van der Waals surface area contributed by atoms with Crippen LogP contribution in [0.2, 0.25) is 0 Å². The molecule has 0 aromatic rings. The van der Waals surface area contributed by atoms with Crippen LogP contribution in [0.3, 0.4) is 0 Å². The number of hydroxylamine groups is 2. The topological polar surface area (TPSA) is 130 Å². The van der Waals surface area contributed by atoms with E-state index in [1.165, 1.54) is 0 Å². The summed E-state index contributed by atoms with van der Waals surface area (Å²) in [6.07, 6.45) is 3.41. The molecule has 21 heavy (non-hydrogen) atoms. The molecule has 2 atom stereocenters. The average Bonchev–Trinajstić information content (AvgIpc) is 3.13. The van der Waals surface area contributed by atoms with Gasteiger partial charge in [-0.3, -0.25) is 9.35 Å². The fourth-order valence-electron chi connectivity index (χ4n) is 2.70. The van der Waals surface area contributed by atoms with Gasteiger partial charge in [0.2, 0.25) is 5.91 Å². The Kier molecular flexibility index (Phi) is 4.40. The molecule has 0 aromatic heterocycles. The molecule has 3 N–H and O–H groups in total. The van der Waals surface area contributed by atoms with E-state index in [0.29, 0.717) is 5.06 Å². The number of nitrogens with zero attached hydrogens (tertiary/aromatic N) is 2. The van der Waals surface area contributed by atoms with E-state index in [2.05, 4.69) is 4.28 Å². The van der Waals surface area contributed by atoms with Gasteiger partial charge in [0, 0.05) is 29.6 Å². The third kappa shape index (κ3) is 3.10. The van der Waals surface area contributed by atoms with Gasteiger partial charge in [0.1, 0.15) is 12.1 Å². The molecule has 2 fully saturated rings. The van der Waals surface area contributed by atoms with Crippen LogP contribution in [0.5, 0.6) is 0 Å². The second-order valence-corrected chi connectivity index (χ2v) is 6.07. The maximum Gasteiger partial charge on any atom is 0.418 e. The molecule has 1 saturated carbocycles. The monoisotopic (exact) mass is 326 g/mol. The van der Waals surface area contributed by atoms with Gasteiger partial charge in [0.15, 0.2) is 0 Å². The summed E-state index contributed by atoms with van der Waals surface area (Å²) in [6, 6.07) is -2.33. The van der Waals surface area contributed by atoms with Crippen LogP contribution in [0.1, 0.15) is 12.8 Å². The number of hydrogen-bond acceptors (Lipinski definition) is 5. The van der Waals surface area contributed by atoms with Crippen molar-refractivity contribution in [2.75, 3.05) is 6.54 Å². The summed E-state index contributed by atoms with van der Waals surface area (Å²) in [5.41, 5.74) is 6.03. The Morgan fingerprint density at radius 1 is 1.43 bits per heavy atom. The van der Waals surface area contributed by atoms with E-state index < -0.39 is 34.4 Å². The molecule has 0 unspecified atom stereocenters. The Bertz CT molecular complexity index is 616. The molecule has 0 spiro atoms. The van der Waals surface area contributed by atoms with Crippen molar-refractivity contribution >= 4 is 51.9 Å². The van der Waals surface area contributed by atoms with Crippen LogP contribution in [0.15, 0.2) is 11.6 Å². The minimum Gasteiger partial charge on any atom is -0.368 e. The fraction of sp³-hybridized carbons (Fsp3) is 0.600. The van der Waals surface area contributed by atoms with Crippen molar-refractivity contribution < 1.29 is 26.8 Å². The van der Waals surface area contributed by atoms with Crippen molar-refractivity contribution in [3.63, 3.8) is 0 Å². The average molecular weight is 326 g/mol. The SMILES string of the molecule is NC(=O)[C@@H]1C=C(C2CC2)[C@@H]2CN1C(=O)N2OS(=O)(=O)O.[Na]. The number of carbonyl (C=O) groups excluding carboxylic acids is 2. The smallest absolute Gasteiger partial charge is 0.368 e. The summed E-state index contributed by atoms with van der Waals surface area (Å²) >= 11 is 0. The van der Waals surface area contributed by atoms with Crippen molar-refractivity contribution in [2.45, 2.75) is 24.9 Å². The molecule has 2 heterocycles. The van der Waals surface area contributed by atoms with Crippen molar-refractivity contribution in [3.05, 3.63) is 11.6 Å². The molecule has 0 aromatic carbocycles. The molecule has 3 amide bonds. The standard InChI is InChI=1S/C10H13N3O6S.Na/c11-9(14)7-3-6(5-1-2-5)8-4-12(7)10(15)13(8)19-20(16,17)18;/h3,5,7-8H,1-2,4H2,(H2,11,14)(H,16,17,18);/t7-,8-;/m0./s1. The van der Waals surface area contributed by atoms with Crippen LogP contribution < -0.4 is 5.73 Å². The second-order valence-electron chi connectivity index (χ2n) is 5.07. The van der Waals surface area contributed by atoms with E-state index in [1.807, 2.05) is 0 Å². The zero-order chi connectivity index (χ0) is 14.7. The number of urea groups is 1. The zero-order valence-corrected chi connectivity index (χ0v) is 14.1. The first-order valence-electron chi connectivity index (χ1n) is 6.05. The molecule has 1 saturated heterocycles. The van der Waals surface area contributed by atoms with Gasteiger partial charge in [-0.25, -0.2) is 4.79 Å². The number of carbonyl (C=O) groups is 2. The summed E-state index contributed by atoms with van der Waals surface area (Å²) in [4.78, 5) is 24.6. The first-order valence-corrected chi connectivity index (χ1v) is 7.42. The summed E-state index contributed by atoms with van der Waals surface area (Å²) in [7, 11) is -4.81. The molecule has 2 aliphatic heterocycles. The molecule has 2 bridgehead atoms. The fourth-order valence-corrected chi connectivity index (χ4v) is 3.07. The van der Waals surface area contributed by atoms with Crippen LogP contribution >= 0.6 is 0 Å². The van der Waals surface area contributed by atoms with Gasteiger partial charge in [-0.15, -0.1) is 4.28 Å². The molecule has 1 aliphatic carbocycles. The van der Waals surface area contributed by atoms with Crippen LogP contribution in [0.4, 0.5) is 4.79 Å². The van der Waals surface area contributed by atoms with E-state index in [-0.39, 0.29) is 42.0 Å². The third-order valence-corrected chi connectivity index (χ3v) is 4.02. The van der Waals surface area contributed by atoms with Gasteiger partial charge in [-0.2, -0.15) is 13.5 Å². The van der Waals surface area contributed by atoms with Crippen molar-refractivity contribution in [3.8, 4) is 0 Å². The minimum atomic E-state index is -4.81. The number of nitrogens with two attached hydrogens (primary N) is 1. The normalized spacial score (nSPS) is 28.2. The van der Waals surface area contributed by atoms with Crippen LogP contribution in [0, 0.1) is 5.92 Å². The Balaban J connectivity index is 0.00000161. The van der Waals surface area contributed by atoms with Gasteiger partial charge in [0.05, 0.1) is 6.54 Å². The molecule has 3 rings (SSSR count). The van der Waals surface area contributed by atoms with E-state index in [1.54, 1.807) is 6.08 Å². The van der Waals surface area contributed by atoms with Gasteiger partial charge in [-0.05, 0) is 24.3 Å². The maximum atomic E-state index is 12.1. The number of primary amides is 1. The minimum absolute atomic E-state index is 0. The summed E-state index contributed by atoms with van der Waals surface area (Å²) in [5.74, 6) is -0.494. The molecule has 11 heteroatoms. The molecular weight excluding hydrogens is 313 g/mol. The third-order valence-electron chi connectivity index (χ3n) is 3.67. The van der Waals surface area contributed by atoms with Crippen LogP contribution in [-0.4, -0.2) is 83.1 Å². The predicted molar refractivity (Wildman–Crippen MR) is 69.9 cm³/mol. The Morgan fingerprint density at radius 2 is 2.05 bits per heavy atom. The predicted octanol–water partition coefficient (Wildman–Crippen LogP) is -1.35. The van der Waals surface area contributed by atoms with Gasteiger partial charge in [-0.1, -0.05) is 6.08 Å². The number of fused-ring (bicyclic) bond motifs is 2. The number of amides is 3. The Hall–Kier alpha value is -0.650. The second kappa shape index (κ2) is 5.52. The largest absolute Gasteiger partial charge is 0.418 e. The van der Waals surface area contributed by atoms with E-state index in [9.17, 15) is 18.0 Å². The van der Waals surface area contributed by atoms with Crippen LogP contribution in [-0.2, 0) is 19.5 Å². The summed E-state index contributed by atoms with van der Waals surface area (Å²) in [6.45, 7) is 0.115. The molecule has 9 nitrogen and oxygen atoms in total. The number of rotatable bonds is 4. The van der Waals surface area contributed by atoms with E-state index in [4.69, 9.17) is 10.3 Å².